The highest BCUT2D eigenvalue weighted by Crippen LogP contribution is 2.29. The monoisotopic (exact) mass is 422 g/mol. The first-order chi connectivity index (χ1) is 13.4. The van der Waals surface area contributed by atoms with E-state index in [4.69, 9.17) is 16.3 Å². The lowest BCUT2D eigenvalue weighted by molar-refractivity contribution is 0.339. The van der Waals surface area contributed by atoms with Gasteiger partial charge in [-0.1, -0.05) is 24.4 Å². The fourth-order valence-electron chi connectivity index (χ4n) is 3.73. The molecular formula is C21H27ClN2O3S. The van der Waals surface area contributed by atoms with Gasteiger partial charge in [-0.05, 0) is 68.3 Å². The van der Waals surface area contributed by atoms with Gasteiger partial charge in [-0.15, -0.1) is 0 Å². The second kappa shape index (κ2) is 9.16. The summed E-state index contributed by atoms with van der Waals surface area (Å²) in [5, 5.41) is 0.518. The van der Waals surface area contributed by atoms with Crippen LogP contribution in [0.2, 0.25) is 5.02 Å². The maximum Gasteiger partial charge on any atom is 0.240 e. The van der Waals surface area contributed by atoms with Gasteiger partial charge in [0.25, 0.3) is 0 Å². The maximum absolute atomic E-state index is 12.8. The van der Waals surface area contributed by atoms with E-state index >= 15 is 0 Å². The minimum Gasteiger partial charge on any atom is -0.494 e. The largest absolute Gasteiger partial charge is 0.494 e. The van der Waals surface area contributed by atoms with Crippen LogP contribution in [0.3, 0.4) is 0 Å². The van der Waals surface area contributed by atoms with E-state index in [9.17, 15) is 8.42 Å². The van der Waals surface area contributed by atoms with Crippen molar-refractivity contribution < 1.29 is 13.2 Å². The quantitative estimate of drug-likeness (QED) is 0.715. The molecule has 2 aromatic carbocycles. The van der Waals surface area contributed by atoms with Crippen molar-refractivity contribution in [1.82, 2.24) is 4.72 Å². The summed E-state index contributed by atoms with van der Waals surface area (Å²) in [4.78, 5) is 2.41. The highest BCUT2D eigenvalue weighted by atomic mass is 35.5. The average molecular weight is 423 g/mol. The predicted molar refractivity (Wildman–Crippen MR) is 114 cm³/mol. The third-order valence-electron chi connectivity index (χ3n) is 5.21. The Morgan fingerprint density at radius 2 is 1.71 bits per heavy atom. The van der Waals surface area contributed by atoms with Gasteiger partial charge in [0.15, 0.2) is 0 Å². The lowest BCUT2D eigenvalue weighted by Gasteiger charge is -2.39. The van der Waals surface area contributed by atoms with Gasteiger partial charge in [0.2, 0.25) is 10.0 Å². The number of benzene rings is 2. The van der Waals surface area contributed by atoms with Crippen LogP contribution >= 0.6 is 11.6 Å². The van der Waals surface area contributed by atoms with Crippen molar-refractivity contribution in [3.8, 4) is 5.75 Å². The summed E-state index contributed by atoms with van der Waals surface area (Å²) < 4.78 is 34.1. The normalized spacial score (nSPS) is 20.0. The molecule has 1 N–H and O–H groups in total. The Balaban J connectivity index is 1.76. The van der Waals surface area contributed by atoms with Crippen molar-refractivity contribution in [1.29, 1.82) is 0 Å². The molecule has 5 nitrogen and oxygen atoms in total. The van der Waals surface area contributed by atoms with E-state index in [1.54, 1.807) is 24.3 Å². The Kier molecular flexibility index (Phi) is 6.86. The van der Waals surface area contributed by atoms with E-state index < -0.39 is 10.0 Å². The molecule has 2 unspecified atom stereocenters. The number of rotatable bonds is 7. The standard InChI is InChI=1S/C21H27ClN2O3S/c1-3-27-18-12-10-17(11-13-18)24(2)21-7-5-4-6-20(21)23-28(25,26)19-14-8-16(22)9-15-19/h8-15,20-21,23H,3-7H2,1-2H3. The maximum atomic E-state index is 12.8. The topological polar surface area (TPSA) is 58.6 Å². The first-order valence-electron chi connectivity index (χ1n) is 9.64. The van der Waals surface area contributed by atoms with Crippen LogP contribution in [0, 0.1) is 0 Å². The number of hydrogen-bond acceptors (Lipinski definition) is 4. The van der Waals surface area contributed by atoms with Crippen molar-refractivity contribution in [2.45, 2.75) is 49.6 Å². The third-order valence-corrected chi connectivity index (χ3v) is 6.97. The second-order valence-corrected chi connectivity index (χ2v) is 9.22. The fourth-order valence-corrected chi connectivity index (χ4v) is 5.16. The number of ether oxygens (including phenoxy) is 1. The number of nitrogens with zero attached hydrogens (tertiary/aromatic N) is 1. The molecule has 0 bridgehead atoms. The molecule has 0 aliphatic heterocycles. The molecule has 0 heterocycles. The molecular weight excluding hydrogens is 396 g/mol. The molecule has 0 aromatic heterocycles. The number of likely N-dealkylation sites (N-methyl/N-ethyl adjacent to an activating group) is 1. The fraction of sp³-hybridized carbons (Fsp3) is 0.429. The summed E-state index contributed by atoms with van der Waals surface area (Å²) in [6.07, 6.45) is 3.86. The van der Waals surface area contributed by atoms with Crippen molar-refractivity contribution in [3.63, 3.8) is 0 Å². The summed E-state index contributed by atoms with van der Waals surface area (Å²) in [7, 11) is -1.57. The van der Waals surface area contributed by atoms with Crippen molar-refractivity contribution in [2.75, 3.05) is 18.6 Å². The van der Waals surface area contributed by atoms with Crippen LogP contribution in [0.1, 0.15) is 32.6 Å². The Morgan fingerprint density at radius 1 is 1.07 bits per heavy atom. The summed E-state index contributed by atoms with van der Waals surface area (Å²) in [5.74, 6) is 0.836. The number of anilines is 1. The van der Waals surface area contributed by atoms with Gasteiger partial charge in [0, 0.05) is 29.8 Å². The summed E-state index contributed by atoms with van der Waals surface area (Å²) in [6, 6.07) is 14.2. The van der Waals surface area contributed by atoms with Crippen molar-refractivity contribution in [3.05, 3.63) is 53.6 Å². The summed E-state index contributed by atoms with van der Waals surface area (Å²) in [6.45, 7) is 2.59. The van der Waals surface area contributed by atoms with Crippen LogP contribution in [0.4, 0.5) is 5.69 Å². The zero-order valence-corrected chi connectivity index (χ0v) is 17.8. The summed E-state index contributed by atoms with van der Waals surface area (Å²) in [5.41, 5.74) is 1.05. The van der Waals surface area contributed by atoms with E-state index in [-0.39, 0.29) is 17.0 Å². The highest BCUT2D eigenvalue weighted by Gasteiger charge is 2.32. The molecule has 1 aliphatic rings. The van der Waals surface area contributed by atoms with E-state index in [0.29, 0.717) is 11.6 Å². The molecule has 3 rings (SSSR count). The van der Waals surface area contributed by atoms with Gasteiger partial charge in [-0.3, -0.25) is 0 Å². The first-order valence-corrected chi connectivity index (χ1v) is 11.5. The number of halogens is 1. The number of nitrogens with one attached hydrogen (secondary N) is 1. The van der Waals surface area contributed by atoms with Gasteiger partial charge in [-0.2, -0.15) is 0 Å². The molecule has 0 saturated heterocycles. The zero-order valence-electron chi connectivity index (χ0n) is 16.3. The van der Waals surface area contributed by atoms with Gasteiger partial charge < -0.3 is 9.64 Å². The minimum atomic E-state index is -3.59. The molecule has 28 heavy (non-hydrogen) atoms. The molecule has 1 aliphatic carbocycles. The Morgan fingerprint density at radius 3 is 2.36 bits per heavy atom. The average Bonchev–Trinajstić information content (AvgIpc) is 2.69. The van der Waals surface area contributed by atoms with E-state index in [1.165, 1.54) is 0 Å². The molecule has 0 amide bonds. The first kappa shape index (κ1) is 21.0. The molecule has 7 heteroatoms. The summed E-state index contributed by atoms with van der Waals surface area (Å²) >= 11 is 5.89. The molecule has 0 spiro atoms. The number of hydrogen-bond donors (Lipinski definition) is 1. The Labute approximate surface area is 172 Å². The van der Waals surface area contributed by atoms with E-state index in [0.717, 1.165) is 37.1 Å². The second-order valence-electron chi connectivity index (χ2n) is 7.07. The van der Waals surface area contributed by atoms with Crippen LogP contribution in [0.15, 0.2) is 53.4 Å². The van der Waals surface area contributed by atoms with Crippen LogP contribution < -0.4 is 14.4 Å². The molecule has 2 aromatic rings. The molecule has 1 fully saturated rings. The minimum absolute atomic E-state index is 0.0915. The van der Waals surface area contributed by atoms with Gasteiger partial charge in [0.05, 0.1) is 11.5 Å². The predicted octanol–water partition coefficient (Wildman–Crippen LogP) is 4.46. The van der Waals surface area contributed by atoms with Crippen LogP contribution in [0.25, 0.3) is 0 Å². The van der Waals surface area contributed by atoms with Crippen molar-refractivity contribution in [2.24, 2.45) is 0 Å². The van der Waals surface area contributed by atoms with Crippen LogP contribution in [0.5, 0.6) is 5.75 Å². The lowest BCUT2D eigenvalue weighted by atomic mass is 9.90. The van der Waals surface area contributed by atoms with E-state index in [1.807, 2.05) is 38.2 Å². The molecule has 2 atom stereocenters. The third kappa shape index (κ3) is 4.99. The van der Waals surface area contributed by atoms with Gasteiger partial charge >= 0.3 is 0 Å². The smallest absolute Gasteiger partial charge is 0.240 e. The Hall–Kier alpha value is -1.76. The van der Waals surface area contributed by atoms with E-state index in [2.05, 4.69) is 9.62 Å². The lowest BCUT2D eigenvalue weighted by Crippen LogP contribution is -2.52. The van der Waals surface area contributed by atoms with Crippen LogP contribution in [-0.2, 0) is 10.0 Å². The Bertz CT molecular complexity index is 870. The van der Waals surface area contributed by atoms with Gasteiger partial charge in [-0.25, -0.2) is 13.1 Å². The SMILES string of the molecule is CCOc1ccc(N(C)C2CCCCC2NS(=O)(=O)c2ccc(Cl)cc2)cc1. The molecule has 152 valence electrons. The highest BCUT2D eigenvalue weighted by molar-refractivity contribution is 7.89. The zero-order chi connectivity index (χ0) is 20.1. The van der Waals surface area contributed by atoms with Gasteiger partial charge in [0.1, 0.15) is 5.75 Å². The molecule has 1 saturated carbocycles. The van der Waals surface area contributed by atoms with Crippen molar-refractivity contribution >= 4 is 27.3 Å². The molecule has 0 radical (unpaired) electrons. The van der Waals surface area contributed by atoms with Crippen LogP contribution in [-0.4, -0.2) is 34.2 Å². The number of sulfonamides is 1.